The van der Waals surface area contributed by atoms with Crippen LogP contribution in [0.2, 0.25) is 0 Å². The summed E-state index contributed by atoms with van der Waals surface area (Å²) in [7, 11) is 0. The molecular weight excluding hydrogens is 178 g/mol. The Bertz CT molecular complexity index is 413. The Morgan fingerprint density at radius 2 is 2.29 bits per heavy atom. The van der Waals surface area contributed by atoms with Crippen molar-refractivity contribution in [3.63, 3.8) is 0 Å². The minimum absolute atomic E-state index is 0.00726. The molecule has 0 bridgehead atoms. The Labute approximate surface area is 82.6 Å². The molecule has 0 aromatic heterocycles. The first-order valence-corrected chi connectivity index (χ1v) is 4.16. The Morgan fingerprint density at radius 1 is 1.57 bits per heavy atom. The third-order valence-corrected chi connectivity index (χ3v) is 1.64. The summed E-state index contributed by atoms with van der Waals surface area (Å²) in [5.74, 6) is 4.91. The summed E-state index contributed by atoms with van der Waals surface area (Å²) >= 11 is 0. The third kappa shape index (κ3) is 2.83. The minimum Gasteiger partial charge on any atom is -0.507 e. The molecule has 14 heavy (non-hydrogen) atoms. The van der Waals surface area contributed by atoms with E-state index in [1.54, 1.807) is 12.1 Å². The molecule has 1 aromatic rings. The van der Waals surface area contributed by atoms with Crippen LogP contribution in [0.4, 0.5) is 0 Å². The lowest BCUT2D eigenvalue weighted by molar-refractivity contribution is -0.117. The van der Waals surface area contributed by atoms with Crippen LogP contribution in [0, 0.1) is 18.8 Å². The highest BCUT2D eigenvalue weighted by Gasteiger charge is 1.96. The van der Waals surface area contributed by atoms with Crippen molar-refractivity contribution >= 4 is 5.91 Å². The topological polar surface area (TPSA) is 63.3 Å². The summed E-state index contributed by atoms with van der Waals surface area (Å²) in [6.45, 7) is 1.88. The van der Waals surface area contributed by atoms with Gasteiger partial charge in [0.1, 0.15) is 5.75 Å². The van der Waals surface area contributed by atoms with Crippen LogP contribution in [0.5, 0.6) is 5.75 Å². The first kappa shape index (κ1) is 10.1. The Hall–Kier alpha value is -1.95. The van der Waals surface area contributed by atoms with E-state index in [-0.39, 0.29) is 12.2 Å². The van der Waals surface area contributed by atoms with Gasteiger partial charge in [-0.25, -0.2) is 0 Å². The lowest BCUT2D eigenvalue weighted by Crippen LogP contribution is -2.08. The SMILES string of the molecule is Cc1ccc(C#CCC(N)=O)c(O)c1. The predicted molar refractivity (Wildman–Crippen MR) is 53.5 cm³/mol. The molecule has 0 radical (unpaired) electrons. The standard InChI is InChI=1S/C11H11NO2/c1-8-5-6-9(10(13)7-8)3-2-4-11(12)14/h5-7,13H,4H2,1H3,(H2,12,14). The number of carbonyl (C=O) groups is 1. The molecule has 0 atom stereocenters. The van der Waals surface area contributed by atoms with Crippen molar-refractivity contribution in [1.82, 2.24) is 0 Å². The number of nitrogens with two attached hydrogens (primary N) is 1. The molecule has 72 valence electrons. The number of primary amides is 1. The minimum atomic E-state index is -0.468. The van der Waals surface area contributed by atoms with Crippen LogP contribution < -0.4 is 5.73 Å². The van der Waals surface area contributed by atoms with Crippen LogP contribution in [0.25, 0.3) is 0 Å². The van der Waals surface area contributed by atoms with Gasteiger partial charge in [0.15, 0.2) is 0 Å². The maximum absolute atomic E-state index is 10.4. The van der Waals surface area contributed by atoms with Crippen molar-refractivity contribution in [2.24, 2.45) is 5.73 Å². The van der Waals surface area contributed by atoms with Gasteiger partial charge >= 0.3 is 0 Å². The third-order valence-electron chi connectivity index (χ3n) is 1.64. The number of carbonyl (C=O) groups excluding carboxylic acids is 1. The van der Waals surface area contributed by atoms with Crippen LogP contribution in [-0.4, -0.2) is 11.0 Å². The van der Waals surface area contributed by atoms with Gasteiger partial charge in [-0.15, -0.1) is 0 Å². The number of rotatable bonds is 1. The summed E-state index contributed by atoms with van der Waals surface area (Å²) in [5.41, 5.74) is 6.39. The number of amides is 1. The van der Waals surface area contributed by atoms with E-state index >= 15 is 0 Å². The van der Waals surface area contributed by atoms with E-state index in [0.29, 0.717) is 5.56 Å². The molecule has 0 fully saturated rings. The van der Waals surface area contributed by atoms with E-state index in [9.17, 15) is 9.90 Å². The van der Waals surface area contributed by atoms with Crippen LogP contribution in [0.15, 0.2) is 18.2 Å². The van der Waals surface area contributed by atoms with Crippen LogP contribution in [0.1, 0.15) is 17.5 Å². The van der Waals surface area contributed by atoms with Gasteiger partial charge in [-0.3, -0.25) is 4.79 Å². The molecule has 3 heteroatoms. The van der Waals surface area contributed by atoms with Crippen molar-refractivity contribution in [3.05, 3.63) is 29.3 Å². The number of phenolic OH excluding ortho intramolecular Hbond substituents is 1. The van der Waals surface area contributed by atoms with Gasteiger partial charge in [0.25, 0.3) is 0 Å². The zero-order valence-corrected chi connectivity index (χ0v) is 7.87. The van der Waals surface area contributed by atoms with Crippen LogP contribution in [0.3, 0.4) is 0 Å². The average Bonchev–Trinajstić information content (AvgIpc) is 2.08. The smallest absolute Gasteiger partial charge is 0.229 e. The molecule has 1 aromatic carbocycles. The lowest BCUT2D eigenvalue weighted by Gasteiger charge is -1.97. The van der Waals surface area contributed by atoms with Gasteiger partial charge in [-0.05, 0) is 24.6 Å². The van der Waals surface area contributed by atoms with Crippen molar-refractivity contribution < 1.29 is 9.90 Å². The summed E-state index contributed by atoms with van der Waals surface area (Å²) < 4.78 is 0. The second-order valence-corrected chi connectivity index (χ2v) is 2.97. The highest BCUT2D eigenvalue weighted by atomic mass is 16.3. The molecule has 0 unspecified atom stereocenters. The highest BCUT2D eigenvalue weighted by Crippen LogP contribution is 2.16. The molecule has 0 aliphatic carbocycles. The van der Waals surface area contributed by atoms with Crippen molar-refractivity contribution in [1.29, 1.82) is 0 Å². The maximum atomic E-state index is 10.4. The molecule has 3 nitrogen and oxygen atoms in total. The Kier molecular flexibility index (Phi) is 3.14. The molecule has 1 amide bonds. The molecule has 0 aliphatic heterocycles. The van der Waals surface area contributed by atoms with E-state index in [1.165, 1.54) is 0 Å². The predicted octanol–water partition coefficient (Wildman–Crippen LogP) is 0.928. The lowest BCUT2D eigenvalue weighted by atomic mass is 10.1. The molecule has 0 saturated heterocycles. The first-order valence-electron chi connectivity index (χ1n) is 4.16. The van der Waals surface area contributed by atoms with E-state index in [1.807, 2.05) is 13.0 Å². The molecule has 0 saturated carbocycles. The fourth-order valence-electron chi connectivity index (χ4n) is 0.974. The van der Waals surface area contributed by atoms with E-state index in [4.69, 9.17) is 5.73 Å². The molecule has 0 heterocycles. The van der Waals surface area contributed by atoms with E-state index in [0.717, 1.165) is 5.56 Å². The molecule has 0 aliphatic rings. The zero-order chi connectivity index (χ0) is 10.6. The first-order chi connectivity index (χ1) is 6.59. The van der Waals surface area contributed by atoms with Gasteiger partial charge < -0.3 is 10.8 Å². The van der Waals surface area contributed by atoms with Gasteiger partial charge in [0, 0.05) is 0 Å². The number of phenols is 1. The number of aromatic hydroxyl groups is 1. The number of hydrogen-bond acceptors (Lipinski definition) is 2. The quantitative estimate of drug-likeness (QED) is 0.645. The molecule has 1 rings (SSSR count). The summed E-state index contributed by atoms with van der Waals surface area (Å²) in [6.07, 6.45) is 0.00726. The van der Waals surface area contributed by atoms with Gasteiger partial charge in [0.2, 0.25) is 5.91 Å². The fraction of sp³-hybridized carbons (Fsp3) is 0.182. The number of hydrogen-bond donors (Lipinski definition) is 2. The van der Waals surface area contributed by atoms with Crippen molar-refractivity contribution in [2.45, 2.75) is 13.3 Å². The van der Waals surface area contributed by atoms with E-state index in [2.05, 4.69) is 11.8 Å². The van der Waals surface area contributed by atoms with Crippen molar-refractivity contribution in [2.75, 3.05) is 0 Å². The molecule has 3 N–H and O–H groups in total. The second kappa shape index (κ2) is 4.33. The van der Waals surface area contributed by atoms with Gasteiger partial charge in [-0.1, -0.05) is 17.9 Å². The van der Waals surface area contributed by atoms with Crippen LogP contribution >= 0.6 is 0 Å². The summed E-state index contributed by atoms with van der Waals surface area (Å²) in [5, 5.41) is 9.44. The molecule has 0 spiro atoms. The largest absolute Gasteiger partial charge is 0.507 e. The number of aryl methyl sites for hydroxylation is 1. The highest BCUT2D eigenvalue weighted by molar-refractivity contribution is 5.76. The normalized spacial score (nSPS) is 8.93. The summed E-state index contributed by atoms with van der Waals surface area (Å²) in [4.78, 5) is 10.4. The summed E-state index contributed by atoms with van der Waals surface area (Å²) in [6, 6.07) is 5.17. The fourth-order valence-corrected chi connectivity index (χ4v) is 0.974. The zero-order valence-electron chi connectivity index (χ0n) is 7.87. The Balaban J connectivity index is 2.85. The Morgan fingerprint density at radius 3 is 2.86 bits per heavy atom. The van der Waals surface area contributed by atoms with Gasteiger partial charge in [-0.2, -0.15) is 0 Å². The maximum Gasteiger partial charge on any atom is 0.229 e. The average molecular weight is 189 g/mol. The van der Waals surface area contributed by atoms with Gasteiger partial charge in [0.05, 0.1) is 12.0 Å². The second-order valence-electron chi connectivity index (χ2n) is 2.97. The van der Waals surface area contributed by atoms with Crippen molar-refractivity contribution in [3.8, 4) is 17.6 Å². The van der Waals surface area contributed by atoms with E-state index < -0.39 is 5.91 Å². The molecular formula is C11H11NO2. The van der Waals surface area contributed by atoms with Crippen LogP contribution in [-0.2, 0) is 4.79 Å². The number of benzene rings is 1. The monoisotopic (exact) mass is 189 g/mol.